The Kier molecular flexibility index (Phi) is 6.31. The molecule has 0 saturated heterocycles. The van der Waals surface area contributed by atoms with Crippen molar-refractivity contribution in [1.82, 2.24) is 4.90 Å². The van der Waals surface area contributed by atoms with Crippen LogP contribution >= 0.6 is 0 Å². The maximum Gasteiger partial charge on any atom is 0.320 e. The SMILES string of the molecule is CCOC(=O)CN(C)C(C)c1ccc(OC)c(OC)c1. The summed E-state index contributed by atoms with van der Waals surface area (Å²) < 4.78 is 15.5. The molecule has 0 aliphatic rings. The third-order valence-electron chi connectivity index (χ3n) is 3.23. The van der Waals surface area contributed by atoms with Gasteiger partial charge < -0.3 is 14.2 Å². The zero-order valence-electron chi connectivity index (χ0n) is 12.8. The molecule has 0 heterocycles. The van der Waals surface area contributed by atoms with Crippen LogP contribution in [-0.4, -0.2) is 45.3 Å². The molecule has 1 aromatic carbocycles. The number of hydrogen-bond donors (Lipinski definition) is 0. The second-order valence-corrected chi connectivity index (χ2v) is 4.51. The number of hydrogen-bond acceptors (Lipinski definition) is 5. The molecule has 5 heteroatoms. The number of carbonyl (C=O) groups is 1. The van der Waals surface area contributed by atoms with Gasteiger partial charge in [-0.15, -0.1) is 0 Å². The molecule has 1 unspecified atom stereocenters. The zero-order chi connectivity index (χ0) is 15.1. The minimum atomic E-state index is -0.220. The van der Waals surface area contributed by atoms with Gasteiger partial charge in [0.15, 0.2) is 11.5 Å². The molecule has 0 fully saturated rings. The lowest BCUT2D eigenvalue weighted by Crippen LogP contribution is -2.29. The highest BCUT2D eigenvalue weighted by atomic mass is 16.5. The van der Waals surface area contributed by atoms with Crippen LogP contribution in [0.2, 0.25) is 0 Å². The van der Waals surface area contributed by atoms with E-state index >= 15 is 0 Å². The molecule has 5 nitrogen and oxygen atoms in total. The van der Waals surface area contributed by atoms with E-state index in [-0.39, 0.29) is 18.6 Å². The van der Waals surface area contributed by atoms with Crippen LogP contribution in [0.1, 0.15) is 25.5 Å². The van der Waals surface area contributed by atoms with Crippen LogP contribution in [0.15, 0.2) is 18.2 Å². The Hall–Kier alpha value is -1.75. The first-order chi connectivity index (χ1) is 9.53. The predicted octanol–water partition coefficient (Wildman–Crippen LogP) is 2.26. The largest absolute Gasteiger partial charge is 0.493 e. The number of likely N-dealkylation sites (N-methyl/N-ethyl adjacent to an activating group) is 1. The second-order valence-electron chi connectivity index (χ2n) is 4.51. The number of methoxy groups -OCH3 is 2. The molecular formula is C15H23NO4. The maximum atomic E-state index is 11.5. The summed E-state index contributed by atoms with van der Waals surface area (Å²) in [5.74, 6) is 1.15. The highest BCUT2D eigenvalue weighted by Crippen LogP contribution is 2.31. The minimum Gasteiger partial charge on any atom is -0.493 e. The number of rotatable bonds is 7. The third-order valence-corrected chi connectivity index (χ3v) is 3.23. The molecule has 0 aliphatic carbocycles. The van der Waals surface area contributed by atoms with Gasteiger partial charge in [0.1, 0.15) is 0 Å². The fourth-order valence-corrected chi connectivity index (χ4v) is 1.91. The van der Waals surface area contributed by atoms with Gasteiger partial charge in [-0.2, -0.15) is 0 Å². The van der Waals surface area contributed by atoms with E-state index in [1.54, 1.807) is 21.1 Å². The van der Waals surface area contributed by atoms with E-state index in [1.165, 1.54) is 0 Å². The summed E-state index contributed by atoms with van der Waals surface area (Å²) >= 11 is 0. The van der Waals surface area contributed by atoms with Crippen molar-refractivity contribution in [3.8, 4) is 11.5 Å². The molecule has 1 atom stereocenters. The smallest absolute Gasteiger partial charge is 0.320 e. The van der Waals surface area contributed by atoms with E-state index in [1.807, 2.05) is 37.1 Å². The molecule has 0 spiro atoms. The summed E-state index contributed by atoms with van der Waals surface area (Å²) in [6.45, 7) is 4.48. The van der Waals surface area contributed by atoms with Crippen LogP contribution in [0.4, 0.5) is 0 Å². The number of benzene rings is 1. The summed E-state index contributed by atoms with van der Waals surface area (Å²) in [5.41, 5.74) is 1.05. The van der Waals surface area contributed by atoms with Crippen molar-refractivity contribution in [2.45, 2.75) is 19.9 Å². The first-order valence-electron chi connectivity index (χ1n) is 6.61. The van der Waals surface area contributed by atoms with Gasteiger partial charge in [0, 0.05) is 6.04 Å². The Bertz CT molecular complexity index is 447. The Morgan fingerprint density at radius 3 is 2.45 bits per heavy atom. The summed E-state index contributed by atoms with van der Waals surface area (Å²) in [5, 5.41) is 0. The summed E-state index contributed by atoms with van der Waals surface area (Å²) in [6.07, 6.45) is 0. The van der Waals surface area contributed by atoms with Crippen molar-refractivity contribution < 1.29 is 19.0 Å². The van der Waals surface area contributed by atoms with E-state index in [0.717, 1.165) is 5.56 Å². The highest BCUT2D eigenvalue weighted by Gasteiger charge is 2.17. The van der Waals surface area contributed by atoms with Gasteiger partial charge in [-0.25, -0.2) is 0 Å². The summed E-state index contributed by atoms with van der Waals surface area (Å²) in [7, 11) is 5.10. The fourth-order valence-electron chi connectivity index (χ4n) is 1.91. The fraction of sp³-hybridized carbons (Fsp3) is 0.533. The van der Waals surface area contributed by atoms with Gasteiger partial charge in [-0.1, -0.05) is 6.07 Å². The van der Waals surface area contributed by atoms with E-state index < -0.39 is 0 Å². The Morgan fingerprint density at radius 2 is 1.90 bits per heavy atom. The van der Waals surface area contributed by atoms with Crippen LogP contribution in [0.5, 0.6) is 11.5 Å². The summed E-state index contributed by atoms with van der Waals surface area (Å²) in [4.78, 5) is 13.4. The molecule has 0 aliphatic heterocycles. The topological polar surface area (TPSA) is 48.0 Å². The van der Waals surface area contributed by atoms with Crippen LogP contribution < -0.4 is 9.47 Å². The second kappa shape index (κ2) is 7.75. The Labute approximate surface area is 120 Å². The maximum absolute atomic E-state index is 11.5. The molecule has 0 N–H and O–H groups in total. The van der Waals surface area contributed by atoms with E-state index in [0.29, 0.717) is 18.1 Å². The molecule has 0 saturated carbocycles. The standard InChI is InChI=1S/C15H23NO4/c1-6-20-15(17)10-16(3)11(2)12-7-8-13(18-4)14(9-12)19-5/h7-9,11H,6,10H2,1-5H3. The van der Waals surface area contributed by atoms with Crippen molar-refractivity contribution in [2.24, 2.45) is 0 Å². The molecule has 1 aromatic rings. The lowest BCUT2D eigenvalue weighted by molar-refractivity contribution is -0.144. The molecule has 1 rings (SSSR count). The van der Waals surface area contributed by atoms with Crippen LogP contribution in [0.25, 0.3) is 0 Å². The molecule has 20 heavy (non-hydrogen) atoms. The van der Waals surface area contributed by atoms with Crippen molar-refractivity contribution >= 4 is 5.97 Å². The molecule has 0 amide bonds. The lowest BCUT2D eigenvalue weighted by atomic mass is 10.1. The average molecular weight is 281 g/mol. The van der Waals surface area contributed by atoms with Gasteiger partial charge in [0.25, 0.3) is 0 Å². The van der Waals surface area contributed by atoms with Crippen LogP contribution in [0, 0.1) is 0 Å². The minimum absolute atomic E-state index is 0.0687. The van der Waals surface area contributed by atoms with E-state index in [9.17, 15) is 4.79 Å². The number of nitrogens with zero attached hydrogens (tertiary/aromatic N) is 1. The molecule has 0 aromatic heterocycles. The van der Waals surface area contributed by atoms with Gasteiger partial charge in [-0.05, 0) is 38.6 Å². The van der Waals surface area contributed by atoms with Gasteiger partial charge >= 0.3 is 5.97 Å². The van der Waals surface area contributed by atoms with Crippen molar-refractivity contribution in [1.29, 1.82) is 0 Å². The zero-order valence-corrected chi connectivity index (χ0v) is 12.8. The first kappa shape index (κ1) is 16.3. The Morgan fingerprint density at radius 1 is 1.25 bits per heavy atom. The highest BCUT2D eigenvalue weighted by molar-refractivity contribution is 5.71. The quantitative estimate of drug-likeness (QED) is 0.717. The molecule has 0 radical (unpaired) electrons. The molecular weight excluding hydrogens is 258 g/mol. The number of ether oxygens (including phenoxy) is 3. The first-order valence-corrected chi connectivity index (χ1v) is 6.61. The van der Waals surface area contributed by atoms with Crippen molar-refractivity contribution in [3.63, 3.8) is 0 Å². The normalized spacial score (nSPS) is 12.1. The van der Waals surface area contributed by atoms with E-state index in [4.69, 9.17) is 14.2 Å². The lowest BCUT2D eigenvalue weighted by Gasteiger charge is -2.24. The van der Waals surface area contributed by atoms with Crippen LogP contribution in [0.3, 0.4) is 0 Å². The number of carbonyl (C=O) groups excluding carboxylic acids is 1. The van der Waals surface area contributed by atoms with Crippen LogP contribution in [-0.2, 0) is 9.53 Å². The molecule has 112 valence electrons. The van der Waals surface area contributed by atoms with Gasteiger partial charge in [0.05, 0.1) is 27.4 Å². The van der Waals surface area contributed by atoms with E-state index in [2.05, 4.69) is 0 Å². The number of esters is 1. The average Bonchev–Trinajstić information content (AvgIpc) is 2.45. The predicted molar refractivity (Wildman–Crippen MR) is 77.2 cm³/mol. The Balaban J connectivity index is 2.80. The van der Waals surface area contributed by atoms with Crippen molar-refractivity contribution in [3.05, 3.63) is 23.8 Å². The van der Waals surface area contributed by atoms with Crippen molar-refractivity contribution in [2.75, 3.05) is 34.4 Å². The monoisotopic (exact) mass is 281 g/mol. The summed E-state index contributed by atoms with van der Waals surface area (Å²) in [6, 6.07) is 5.82. The van der Waals surface area contributed by atoms with Gasteiger partial charge in [-0.3, -0.25) is 9.69 Å². The third kappa shape index (κ3) is 4.13. The van der Waals surface area contributed by atoms with Gasteiger partial charge in [0.2, 0.25) is 0 Å². The molecule has 0 bridgehead atoms.